The van der Waals surface area contributed by atoms with E-state index in [0.717, 1.165) is 0 Å². The summed E-state index contributed by atoms with van der Waals surface area (Å²) >= 11 is -2.25. The molecule has 17 heavy (non-hydrogen) atoms. The van der Waals surface area contributed by atoms with E-state index in [1.165, 1.54) is 19.2 Å². The van der Waals surface area contributed by atoms with Gasteiger partial charge in [0, 0.05) is 11.4 Å². The van der Waals surface area contributed by atoms with Crippen LogP contribution in [0.5, 0.6) is 0 Å². The molecule has 0 aliphatic heterocycles. The molecular weight excluding hydrogens is 242 g/mol. The summed E-state index contributed by atoms with van der Waals surface area (Å²) < 4.78 is 25.6. The van der Waals surface area contributed by atoms with E-state index in [9.17, 15) is 13.6 Å². The van der Waals surface area contributed by atoms with Gasteiger partial charge in [0.2, 0.25) is 0 Å². The second-order valence-corrected chi connectivity index (χ2v) is 3.67. The molecule has 6 heteroatoms. The fraction of sp³-hybridized carbons (Fsp3) is 0.364. The Hall–Kier alpha value is -1.40. The lowest BCUT2D eigenvalue weighted by Gasteiger charge is -2.08. The van der Waals surface area contributed by atoms with Crippen LogP contribution >= 0.6 is 0 Å². The number of amides is 1. The zero-order valence-electron chi connectivity index (χ0n) is 10.1. The highest BCUT2D eigenvalue weighted by Crippen LogP contribution is 2.07. The molecule has 0 heterocycles. The number of rotatable bonds is 3. The van der Waals surface area contributed by atoms with E-state index in [1.54, 1.807) is 12.1 Å². The van der Waals surface area contributed by atoms with Crippen LogP contribution in [0.3, 0.4) is 0 Å². The molecule has 1 unspecified atom stereocenters. The Morgan fingerprint density at radius 2 is 2.12 bits per heavy atom. The van der Waals surface area contributed by atoms with Crippen molar-refractivity contribution in [2.24, 2.45) is 0 Å². The van der Waals surface area contributed by atoms with Crippen LogP contribution in [-0.2, 0) is 22.4 Å². The minimum absolute atomic E-state index is 0.194. The first-order valence-corrected chi connectivity index (χ1v) is 6.21. The standard InChI is InChI=1S/C9H11NO4S.C2H6/c1-14-9(11)10-6-7-3-2-4-8(5-7)15(12)13;1-2/h2-5H,6H2,1H3,(H,10,11)(H,12,13);1-2H3/p-1. The molecule has 0 aliphatic carbocycles. The molecule has 1 amide bonds. The zero-order chi connectivity index (χ0) is 13.3. The average Bonchev–Trinajstić information content (AvgIpc) is 2.38. The number of alkyl carbamates (subject to hydrolysis) is 1. The maximum atomic E-state index is 10.7. The van der Waals surface area contributed by atoms with Gasteiger partial charge in [-0.05, 0) is 28.8 Å². The van der Waals surface area contributed by atoms with Gasteiger partial charge < -0.3 is 14.6 Å². The maximum Gasteiger partial charge on any atom is 0.407 e. The number of carbonyl (C=O) groups is 1. The number of carbonyl (C=O) groups excluding carboxylic acids is 1. The number of ether oxygens (including phenoxy) is 1. The highest BCUT2D eigenvalue weighted by atomic mass is 32.2. The summed E-state index contributed by atoms with van der Waals surface area (Å²) in [6.45, 7) is 4.23. The van der Waals surface area contributed by atoms with Gasteiger partial charge in [-0.2, -0.15) is 0 Å². The van der Waals surface area contributed by atoms with Gasteiger partial charge in [-0.15, -0.1) is 0 Å². The van der Waals surface area contributed by atoms with Crippen LogP contribution in [0.2, 0.25) is 0 Å². The molecule has 96 valence electrons. The molecule has 0 fully saturated rings. The summed E-state index contributed by atoms with van der Waals surface area (Å²) in [7, 11) is 1.26. The van der Waals surface area contributed by atoms with Crippen molar-refractivity contribution in [1.29, 1.82) is 0 Å². The average molecular weight is 258 g/mol. The summed E-state index contributed by atoms with van der Waals surface area (Å²) in [5.41, 5.74) is 0.696. The van der Waals surface area contributed by atoms with Gasteiger partial charge in [-0.3, -0.25) is 4.21 Å². The van der Waals surface area contributed by atoms with Gasteiger partial charge in [-0.25, -0.2) is 4.79 Å². The molecule has 0 aliphatic rings. The number of hydrogen-bond donors (Lipinski definition) is 1. The van der Waals surface area contributed by atoms with Crippen LogP contribution in [0, 0.1) is 0 Å². The largest absolute Gasteiger partial charge is 0.768 e. The van der Waals surface area contributed by atoms with E-state index in [-0.39, 0.29) is 11.4 Å². The smallest absolute Gasteiger partial charge is 0.407 e. The topological polar surface area (TPSA) is 78.5 Å². The molecule has 5 nitrogen and oxygen atoms in total. The molecule has 1 rings (SSSR count). The molecule has 1 aromatic carbocycles. The Morgan fingerprint density at radius 3 is 2.65 bits per heavy atom. The molecule has 1 atom stereocenters. The Labute approximate surface area is 103 Å². The predicted molar refractivity (Wildman–Crippen MR) is 64.2 cm³/mol. The monoisotopic (exact) mass is 258 g/mol. The summed E-state index contributed by atoms with van der Waals surface area (Å²) in [5, 5.41) is 2.45. The van der Waals surface area contributed by atoms with Crippen LogP contribution < -0.4 is 5.32 Å². The third-order valence-corrected chi connectivity index (χ3v) is 2.35. The number of hydrogen-bond acceptors (Lipinski definition) is 4. The number of methoxy groups -OCH3 is 1. The normalized spacial score (nSPS) is 10.8. The van der Waals surface area contributed by atoms with Crippen LogP contribution in [0.4, 0.5) is 4.79 Å². The Balaban J connectivity index is 0.00000121. The second kappa shape index (κ2) is 8.72. The molecule has 1 N–H and O–H groups in total. The van der Waals surface area contributed by atoms with Crippen LogP contribution in [0.25, 0.3) is 0 Å². The van der Waals surface area contributed by atoms with Crippen LogP contribution in [0.15, 0.2) is 29.2 Å². The Kier molecular flexibility index (Phi) is 8.00. The Morgan fingerprint density at radius 1 is 1.47 bits per heavy atom. The summed E-state index contributed by atoms with van der Waals surface area (Å²) in [4.78, 5) is 10.9. The predicted octanol–water partition coefficient (Wildman–Crippen LogP) is 1.81. The van der Waals surface area contributed by atoms with Crippen molar-refractivity contribution >= 4 is 17.2 Å². The minimum atomic E-state index is -2.25. The fourth-order valence-electron chi connectivity index (χ4n) is 1.01. The van der Waals surface area contributed by atoms with Crippen molar-refractivity contribution < 1.29 is 18.3 Å². The van der Waals surface area contributed by atoms with Gasteiger partial charge >= 0.3 is 6.09 Å². The van der Waals surface area contributed by atoms with Gasteiger partial charge in [-0.1, -0.05) is 26.0 Å². The number of benzene rings is 1. The molecule has 0 radical (unpaired) electrons. The van der Waals surface area contributed by atoms with E-state index < -0.39 is 17.2 Å². The molecule has 0 aromatic heterocycles. The molecule has 0 spiro atoms. The first-order chi connectivity index (χ1) is 8.13. The van der Waals surface area contributed by atoms with Crippen molar-refractivity contribution in [2.75, 3.05) is 7.11 Å². The molecule has 0 saturated heterocycles. The fourth-order valence-corrected chi connectivity index (χ4v) is 1.44. The number of nitrogens with one attached hydrogen (secondary N) is 1. The third-order valence-electron chi connectivity index (χ3n) is 1.71. The molecule has 0 saturated carbocycles. The summed E-state index contributed by atoms with van der Waals surface area (Å²) in [6.07, 6.45) is -0.552. The van der Waals surface area contributed by atoms with Crippen molar-refractivity contribution in [3.05, 3.63) is 29.8 Å². The third kappa shape index (κ3) is 6.03. The summed E-state index contributed by atoms with van der Waals surface area (Å²) in [6, 6.07) is 6.29. The highest BCUT2D eigenvalue weighted by Gasteiger charge is 2.00. The quantitative estimate of drug-likeness (QED) is 0.838. The SMILES string of the molecule is CC.COC(=O)NCc1cccc(S(=O)[O-])c1. The van der Waals surface area contributed by atoms with E-state index in [2.05, 4.69) is 10.1 Å². The van der Waals surface area contributed by atoms with Crippen molar-refractivity contribution in [1.82, 2.24) is 5.32 Å². The van der Waals surface area contributed by atoms with Crippen LogP contribution in [-0.4, -0.2) is 22.0 Å². The first kappa shape index (κ1) is 15.6. The van der Waals surface area contributed by atoms with Crippen molar-refractivity contribution in [3.8, 4) is 0 Å². The Bertz CT molecular complexity index is 381. The second-order valence-electron chi connectivity index (χ2n) is 2.73. The lowest BCUT2D eigenvalue weighted by atomic mass is 10.2. The van der Waals surface area contributed by atoms with Gasteiger partial charge in [0.15, 0.2) is 0 Å². The minimum Gasteiger partial charge on any atom is -0.768 e. The first-order valence-electron chi connectivity index (χ1n) is 5.13. The maximum absolute atomic E-state index is 10.7. The van der Waals surface area contributed by atoms with Gasteiger partial charge in [0.1, 0.15) is 0 Å². The van der Waals surface area contributed by atoms with E-state index >= 15 is 0 Å². The van der Waals surface area contributed by atoms with E-state index in [0.29, 0.717) is 5.56 Å². The van der Waals surface area contributed by atoms with E-state index in [4.69, 9.17) is 0 Å². The molecule has 1 aromatic rings. The van der Waals surface area contributed by atoms with E-state index in [1.807, 2.05) is 13.8 Å². The van der Waals surface area contributed by atoms with Gasteiger partial charge in [0.05, 0.1) is 7.11 Å². The van der Waals surface area contributed by atoms with Crippen LogP contribution in [0.1, 0.15) is 19.4 Å². The summed E-state index contributed by atoms with van der Waals surface area (Å²) in [5.74, 6) is 0. The highest BCUT2D eigenvalue weighted by molar-refractivity contribution is 7.79. The molecular formula is C11H16NO4S-. The van der Waals surface area contributed by atoms with Gasteiger partial charge in [0.25, 0.3) is 0 Å². The lowest BCUT2D eigenvalue weighted by molar-refractivity contribution is 0.170. The molecule has 0 bridgehead atoms. The van der Waals surface area contributed by atoms with Crippen molar-refractivity contribution in [3.63, 3.8) is 0 Å². The van der Waals surface area contributed by atoms with Crippen molar-refractivity contribution in [2.45, 2.75) is 25.3 Å². The zero-order valence-corrected chi connectivity index (χ0v) is 10.9. The lowest BCUT2D eigenvalue weighted by Crippen LogP contribution is -2.22.